The second-order valence-corrected chi connectivity index (χ2v) is 8.70. The molecule has 0 radical (unpaired) electrons. The van der Waals surface area contributed by atoms with Crippen LogP contribution in [0.5, 0.6) is 0 Å². The van der Waals surface area contributed by atoms with Crippen LogP contribution in [0.4, 0.5) is 5.69 Å². The highest BCUT2D eigenvalue weighted by molar-refractivity contribution is 7.23. The average Bonchev–Trinajstić information content (AvgIpc) is 3.45. The molecule has 0 bridgehead atoms. The summed E-state index contributed by atoms with van der Waals surface area (Å²) in [5.41, 5.74) is 1.18. The first kappa shape index (κ1) is 21.5. The summed E-state index contributed by atoms with van der Waals surface area (Å²) in [5, 5.41) is 20.9. The van der Waals surface area contributed by atoms with Crippen molar-refractivity contribution in [3.8, 4) is 20.5 Å². The number of rotatable bonds is 7. The van der Waals surface area contributed by atoms with Gasteiger partial charge in [-0.2, -0.15) is 5.10 Å². The molecular formula is C21H17N5O4S2. The van der Waals surface area contributed by atoms with Crippen molar-refractivity contribution >= 4 is 34.3 Å². The van der Waals surface area contributed by atoms with E-state index in [1.165, 1.54) is 46.4 Å². The number of carbonyl (C=O) groups is 1. The molecule has 4 aromatic rings. The van der Waals surface area contributed by atoms with Crippen LogP contribution in [0.15, 0.2) is 58.7 Å². The molecule has 0 spiro atoms. The molecule has 32 heavy (non-hydrogen) atoms. The molecule has 0 aliphatic carbocycles. The second-order valence-electron chi connectivity index (χ2n) is 6.75. The van der Waals surface area contributed by atoms with Crippen LogP contribution in [0.1, 0.15) is 16.1 Å². The van der Waals surface area contributed by atoms with Gasteiger partial charge in [-0.15, -0.1) is 22.7 Å². The topological polar surface area (TPSA) is 120 Å². The molecule has 1 aromatic carbocycles. The minimum atomic E-state index is -0.558. The van der Waals surface area contributed by atoms with E-state index in [2.05, 4.69) is 15.4 Å². The van der Waals surface area contributed by atoms with Gasteiger partial charge in [0.15, 0.2) is 0 Å². The zero-order chi connectivity index (χ0) is 22.7. The van der Waals surface area contributed by atoms with E-state index in [4.69, 9.17) is 0 Å². The van der Waals surface area contributed by atoms with Crippen molar-refractivity contribution in [3.63, 3.8) is 0 Å². The maximum atomic E-state index is 12.3. The van der Waals surface area contributed by atoms with E-state index in [-0.39, 0.29) is 29.9 Å². The van der Waals surface area contributed by atoms with E-state index in [9.17, 15) is 19.7 Å². The number of thiazole rings is 1. The zero-order valence-corrected chi connectivity index (χ0v) is 18.5. The van der Waals surface area contributed by atoms with Gasteiger partial charge in [0, 0.05) is 30.3 Å². The number of aryl methyl sites for hydroxylation is 1. The molecule has 0 saturated heterocycles. The molecule has 4 rings (SSSR count). The number of nitrogens with one attached hydrogen (secondary N) is 1. The number of hydrogen-bond acceptors (Lipinski definition) is 8. The highest BCUT2D eigenvalue weighted by Gasteiger charge is 2.15. The fourth-order valence-corrected chi connectivity index (χ4v) is 4.84. The van der Waals surface area contributed by atoms with Gasteiger partial charge < -0.3 is 5.32 Å². The number of nitro groups is 1. The molecule has 11 heteroatoms. The van der Waals surface area contributed by atoms with Gasteiger partial charge in [-0.1, -0.05) is 12.1 Å². The molecule has 0 unspecified atom stereocenters. The van der Waals surface area contributed by atoms with Crippen LogP contribution >= 0.6 is 22.7 Å². The van der Waals surface area contributed by atoms with Crippen molar-refractivity contribution in [2.45, 2.75) is 13.5 Å². The fraction of sp³-hybridized carbons (Fsp3) is 0.143. The third-order valence-corrected chi connectivity index (χ3v) is 6.78. The van der Waals surface area contributed by atoms with Gasteiger partial charge in [-0.3, -0.25) is 19.7 Å². The first-order valence-corrected chi connectivity index (χ1v) is 11.2. The number of benzene rings is 1. The number of nitrogens with zero attached hydrogens (tertiary/aromatic N) is 4. The molecular weight excluding hydrogens is 450 g/mol. The Balaban J connectivity index is 1.47. The van der Waals surface area contributed by atoms with Gasteiger partial charge in [0.2, 0.25) is 0 Å². The Bertz CT molecular complexity index is 1340. The van der Waals surface area contributed by atoms with E-state index in [1.807, 2.05) is 24.4 Å². The molecule has 9 nitrogen and oxygen atoms in total. The van der Waals surface area contributed by atoms with Gasteiger partial charge in [-0.05, 0) is 30.5 Å². The molecule has 0 saturated carbocycles. The molecule has 1 amide bonds. The van der Waals surface area contributed by atoms with Crippen LogP contribution in [0.25, 0.3) is 20.5 Å². The van der Waals surface area contributed by atoms with Crippen LogP contribution in [0, 0.1) is 17.0 Å². The summed E-state index contributed by atoms with van der Waals surface area (Å²) >= 11 is 3.12. The third-order valence-electron chi connectivity index (χ3n) is 4.56. The Hall–Kier alpha value is -3.70. The number of aromatic nitrogens is 3. The highest BCUT2D eigenvalue weighted by Crippen LogP contribution is 2.35. The van der Waals surface area contributed by atoms with Gasteiger partial charge in [0.05, 0.1) is 26.9 Å². The normalized spacial score (nSPS) is 10.8. The van der Waals surface area contributed by atoms with Crippen LogP contribution in [-0.4, -0.2) is 32.1 Å². The van der Waals surface area contributed by atoms with E-state index in [0.717, 1.165) is 20.5 Å². The summed E-state index contributed by atoms with van der Waals surface area (Å²) in [5.74, 6) is -0.461. The van der Waals surface area contributed by atoms with Gasteiger partial charge in [0.1, 0.15) is 10.7 Å². The van der Waals surface area contributed by atoms with E-state index in [1.54, 1.807) is 17.4 Å². The Morgan fingerprint density at radius 1 is 1.22 bits per heavy atom. The van der Waals surface area contributed by atoms with Gasteiger partial charge in [-0.25, -0.2) is 9.67 Å². The molecule has 162 valence electrons. The number of non-ortho nitro benzene ring substituents is 1. The van der Waals surface area contributed by atoms with Crippen molar-refractivity contribution < 1.29 is 9.72 Å². The first-order chi connectivity index (χ1) is 15.4. The molecule has 0 aliphatic heterocycles. The van der Waals surface area contributed by atoms with E-state index >= 15 is 0 Å². The number of amides is 1. The number of nitro benzene ring substituents is 1. The SMILES string of the molecule is Cc1nc(-c2cccs2)sc1-c1ccc(=O)n(CCNC(=O)c2cccc([N+](=O)[O-])c2)n1. The Morgan fingerprint density at radius 2 is 2.06 bits per heavy atom. The van der Waals surface area contributed by atoms with Gasteiger partial charge in [0.25, 0.3) is 17.2 Å². The number of hydrogen-bond donors (Lipinski definition) is 1. The molecule has 1 N–H and O–H groups in total. The van der Waals surface area contributed by atoms with Crippen LogP contribution in [0.3, 0.4) is 0 Å². The summed E-state index contributed by atoms with van der Waals surface area (Å²) in [6.45, 7) is 2.20. The lowest BCUT2D eigenvalue weighted by Crippen LogP contribution is -2.31. The summed E-state index contributed by atoms with van der Waals surface area (Å²) in [7, 11) is 0. The second kappa shape index (κ2) is 9.20. The standard InChI is InChI=1S/C21H17N5O4S2/c1-13-19(32-21(23-13)17-6-3-11-31-17)16-7-8-18(27)25(24-16)10-9-22-20(28)14-4-2-5-15(12-14)26(29)30/h2-8,11-12H,9-10H2,1H3,(H,22,28). The smallest absolute Gasteiger partial charge is 0.270 e. The van der Waals surface area contributed by atoms with Gasteiger partial charge >= 0.3 is 0 Å². The number of carbonyl (C=O) groups excluding carboxylic acids is 1. The largest absolute Gasteiger partial charge is 0.350 e. The molecule has 0 aliphatic rings. The summed E-state index contributed by atoms with van der Waals surface area (Å²) in [6.07, 6.45) is 0. The lowest BCUT2D eigenvalue weighted by molar-refractivity contribution is -0.384. The molecule has 0 atom stereocenters. The van der Waals surface area contributed by atoms with Crippen molar-refractivity contribution in [1.82, 2.24) is 20.1 Å². The maximum absolute atomic E-state index is 12.3. The van der Waals surface area contributed by atoms with Crippen molar-refractivity contribution in [2.24, 2.45) is 0 Å². The molecule has 3 heterocycles. The van der Waals surface area contributed by atoms with Crippen molar-refractivity contribution in [2.75, 3.05) is 6.54 Å². The predicted molar refractivity (Wildman–Crippen MR) is 123 cm³/mol. The average molecular weight is 468 g/mol. The molecule has 3 aromatic heterocycles. The highest BCUT2D eigenvalue weighted by atomic mass is 32.1. The third kappa shape index (κ3) is 4.63. The lowest BCUT2D eigenvalue weighted by Gasteiger charge is -2.08. The van der Waals surface area contributed by atoms with E-state index in [0.29, 0.717) is 5.69 Å². The van der Waals surface area contributed by atoms with Crippen LogP contribution < -0.4 is 10.9 Å². The monoisotopic (exact) mass is 467 g/mol. The minimum Gasteiger partial charge on any atom is -0.350 e. The quantitative estimate of drug-likeness (QED) is 0.327. The summed E-state index contributed by atoms with van der Waals surface area (Å²) in [4.78, 5) is 41.4. The lowest BCUT2D eigenvalue weighted by atomic mass is 10.2. The Kier molecular flexibility index (Phi) is 6.19. The Labute approximate surface area is 190 Å². The first-order valence-electron chi connectivity index (χ1n) is 9.55. The molecule has 0 fully saturated rings. The van der Waals surface area contributed by atoms with Crippen molar-refractivity contribution in [1.29, 1.82) is 0 Å². The predicted octanol–water partition coefficient (Wildman–Crippen LogP) is 3.74. The Morgan fingerprint density at radius 3 is 2.81 bits per heavy atom. The minimum absolute atomic E-state index is 0.139. The maximum Gasteiger partial charge on any atom is 0.270 e. The zero-order valence-electron chi connectivity index (χ0n) is 16.8. The van der Waals surface area contributed by atoms with E-state index < -0.39 is 10.8 Å². The fourth-order valence-electron chi connectivity index (χ4n) is 3.01. The number of thiophene rings is 1. The van der Waals surface area contributed by atoms with Crippen molar-refractivity contribution in [3.05, 3.63) is 85.6 Å². The van der Waals surface area contributed by atoms with Crippen LogP contribution in [-0.2, 0) is 6.54 Å². The van der Waals surface area contributed by atoms with Crippen LogP contribution in [0.2, 0.25) is 0 Å². The summed E-state index contributed by atoms with van der Waals surface area (Å²) in [6, 6.07) is 12.5. The summed E-state index contributed by atoms with van der Waals surface area (Å²) < 4.78 is 1.28.